The molecule has 0 radical (unpaired) electrons. The third-order valence-corrected chi connectivity index (χ3v) is 3.07. The Hall–Kier alpha value is -1.02. The molecule has 0 bridgehead atoms. The van der Waals surface area contributed by atoms with Gasteiger partial charge < -0.3 is 9.84 Å². The molecule has 0 saturated heterocycles. The quantitative estimate of drug-likeness (QED) is 0.820. The van der Waals surface area contributed by atoms with Crippen molar-refractivity contribution in [3.8, 4) is 5.75 Å². The van der Waals surface area contributed by atoms with Crippen molar-refractivity contribution in [1.29, 1.82) is 0 Å². The lowest BCUT2D eigenvalue weighted by atomic mass is 9.86. The van der Waals surface area contributed by atoms with Gasteiger partial charge in [-0.3, -0.25) is 0 Å². The highest BCUT2D eigenvalue weighted by Crippen LogP contribution is 2.27. The van der Waals surface area contributed by atoms with E-state index in [1.54, 1.807) is 6.92 Å². The summed E-state index contributed by atoms with van der Waals surface area (Å²) >= 11 is 0. The molecular formula is C13H18O2. The van der Waals surface area contributed by atoms with Crippen LogP contribution in [0.1, 0.15) is 37.9 Å². The Morgan fingerprint density at radius 2 is 2.00 bits per heavy atom. The standard InChI is InChI=1S/C13H18O2/c1-10(14)12-5-7-13(8-6-12)15-9-11-3-2-4-11/h5-8,10-11,14H,2-4,9H2,1H3. The first-order valence-corrected chi connectivity index (χ1v) is 5.66. The maximum absolute atomic E-state index is 9.34. The molecule has 1 aromatic rings. The second kappa shape index (κ2) is 4.67. The van der Waals surface area contributed by atoms with Crippen LogP contribution in [0, 0.1) is 5.92 Å². The lowest BCUT2D eigenvalue weighted by molar-refractivity contribution is 0.180. The van der Waals surface area contributed by atoms with Gasteiger partial charge in [0.2, 0.25) is 0 Å². The highest BCUT2D eigenvalue weighted by atomic mass is 16.5. The van der Waals surface area contributed by atoms with Gasteiger partial charge in [-0.1, -0.05) is 18.6 Å². The van der Waals surface area contributed by atoms with Crippen molar-refractivity contribution in [3.05, 3.63) is 29.8 Å². The fourth-order valence-electron chi connectivity index (χ4n) is 1.72. The van der Waals surface area contributed by atoms with Gasteiger partial charge in [-0.2, -0.15) is 0 Å². The molecule has 0 aromatic heterocycles. The SMILES string of the molecule is CC(O)c1ccc(OCC2CCC2)cc1. The molecule has 1 aromatic carbocycles. The molecule has 2 rings (SSSR count). The summed E-state index contributed by atoms with van der Waals surface area (Å²) < 4.78 is 5.66. The summed E-state index contributed by atoms with van der Waals surface area (Å²) in [6.45, 7) is 2.61. The van der Waals surface area contributed by atoms with Gasteiger partial charge >= 0.3 is 0 Å². The van der Waals surface area contributed by atoms with Crippen molar-refractivity contribution in [2.45, 2.75) is 32.3 Å². The Labute approximate surface area is 90.9 Å². The van der Waals surface area contributed by atoms with Crippen LogP contribution in [0.4, 0.5) is 0 Å². The molecule has 1 aliphatic carbocycles. The van der Waals surface area contributed by atoms with Crippen LogP contribution < -0.4 is 4.74 Å². The molecule has 1 N–H and O–H groups in total. The van der Waals surface area contributed by atoms with Crippen molar-refractivity contribution in [3.63, 3.8) is 0 Å². The van der Waals surface area contributed by atoms with E-state index in [0.29, 0.717) is 0 Å². The predicted octanol–water partition coefficient (Wildman–Crippen LogP) is 2.92. The van der Waals surface area contributed by atoms with E-state index in [9.17, 15) is 5.11 Å². The summed E-state index contributed by atoms with van der Waals surface area (Å²) in [4.78, 5) is 0. The van der Waals surface area contributed by atoms with Crippen molar-refractivity contribution >= 4 is 0 Å². The van der Waals surface area contributed by atoms with Gasteiger partial charge in [0.05, 0.1) is 12.7 Å². The Morgan fingerprint density at radius 1 is 1.33 bits per heavy atom. The molecule has 0 amide bonds. The predicted molar refractivity (Wildman–Crippen MR) is 59.9 cm³/mol. The van der Waals surface area contributed by atoms with Gasteiger partial charge in [0, 0.05) is 0 Å². The van der Waals surface area contributed by atoms with Gasteiger partial charge in [0.15, 0.2) is 0 Å². The summed E-state index contributed by atoms with van der Waals surface area (Å²) in [6.07, 6.45) is 3.58. The van der Waals surface area contributed by atoms with Crippen molar-refractivity contribution < 1.29 is 9.84 Å². The summed E-state index contributed by atoms with van der Waals surface area (Å²) in [5, 5.41) is 9.34. The second-order valence-corrected chi connectivity index (χ2v) is 4.35. The van der Waals surface area contributed by atoms with Crippen LogP contribution >= 0.6 is 0 Å². The Bertz CT molecular complexity index is 299. The molecule has 82 valence electrons. The number of hydrogen-bond acceptors (Lipinski definition) is 2. The number of hydrogen-bond donors (Lipinski definition) is 1. The molecule has 1 unspecified atom stereocenters. The monoisotopic (exact) mass is 206 g/mol. The zero-order valence-corrected chi connectivity index (χ0v) is 9.15. The summed E-state index contributed by atoms with van der Waals surface area (Å²) in [5.41, 5.74) is 0.936. The van der Waals surface area contributed by atoms with Crippen molar-refractivity contribution in [2.24, 2.45) is 5.92 Å². The van der Waals surface area contributed by atoms with Crippen LogP contribution in [0.2, 0.25) is 0 Å². The first kappa shape index (κ1) is 10.5. The summed E-state index contributed by atoms with van der Waals surface area (Å²) in [6, 6.07) is 7.70. The molecule has 15 heavy (non-hydrogen) atoms. The molecule has 1 aliphatic rings. The minimum Gasteiger partial charge on any atom is -0.493 e. The molecule has 2 nitrogen and oxygen atoms in total. The lowest BCUT2D eigenvalue weighted by Crippen LogP contribution is -2.19. The fourth-order valence-corrected chi connectivity index (χ4v) is 1.72. The molecular weight excluding hydrogens is 188 g/mol. The smallest absolute Gasteiger partial charge is 0.119 e. The lowest BCUT2D eigenvalue weighted by Gasteiger charge is -2.25. The third kappa shape index (κ3) is 2.72. The molecule has 1 fully saturated rings. The number of ether oxygens (including phenoxy) is 1. The Kier molecular flexibility index (Phi) is 3.27. The van der Waals surface area contributed by atoms with E-state index in [1.807, 2.05) is 24.3 Å². The van der Waals surface area contributed by atoms with Gasteiger partial charge in [-0.15, -0.1) is 0 Å². The Balaban J connectivity index is 1.86. The summed E-state index contributed by atoms with van der Waals surface area (Å²) in [7, 11) is 0. The van der Waals surface area contributed by atoms with E-state index in [0.717, 1.165) is 23.8 Å². The number of aliphatic hydroxyl groups is 1. The number of benzene rings is 1. The minimum atomic E-state index is -0.398. The minimum absolute atomic E-state index is 0.398. The fraction of sp³-hybridized carbons (Fsp3) is 0.538. The molecule has 0 aliphatic heterocycles. The van der Waals surface area contributed by atoms with E-state index in [2.05, 4.69) is 0 Å². The van der Waals surface area contributed by atoms with Crippen molar-refractivity contribution in [2.75, 3.05) is 6.61 Å². The van der Waals surface area contributed by atoms with Crippen LogP contribution in [-0.2, 0) is 0 Å². The van der Waals surface area contributed by atoms with E-state index < -0.39 is 6.10 Å². The number of aliphatic hydroxyl groups excluding tert-OH is 1. The summed E-state index contributed by atoms with van der Waals surface area (Å²) in [5.74, 6) is 1.67. The van der Waals surface area contributed by atoms with E-state index in [-0.39, 0.29) is 0 Å². The zero-order chi connectivity index (χ0) is 10.7. The van der Waals surface area contributed by atoms with Crippen LogP contribution in [0.15, 0.2) is 24.3 Å². The Morgan fingerprint density at radius 3 is 2.47 bits per heavy atom. The molecule has 0 heterocycles. The second-order valence-electron chi connectivity index (χ2n) is 4.35. The zero-order valence-electron chi connectivity index (χ0n) is 9.15. The van der Waals surface area contributed by atoms with Gasteiger partial charge in [0.1, 0.15) is 5.75 Å². The third-order valence-electron chi connectivity index (χ3n) is 3.07. The average Bonchev–Trinajstić information content (AvgIpc) is 2.16. The first-order chi connectivity index (χ1) is 7.25. The van der Waals surface area contributed by atoms with Crippen LogP contribution in [0.5, 0.6) is 5.75 Å². The molecule has 1 atom stereocenters. The normalized spacial score (nSPS) is 18.3. The van der Waals surface area contributed by atoms with Gasteiger partial charge in [0.25, 0.3) is 0 Å². The molecule has 0 spiro atoms. The maximum atomic E-state index is 9.34. The highest BCUT2D eigenvalue weighted by molar-refractivity contribution is 5.28. The maximum Gasteiger partial charge on any atom is 0.119 e. The van der Waals surface area contributed by atoms with E-state index in [1.165, 1.54) is 19.3 Å². The molecule has 1 saturated carbocycles. The average molecular weight is 206 g/mol. The van der Waals surface area contributed by atoms with E-state index in [4.69, 9.17) is 4.74 Å². The van der Waals surface area contributed by atoms with Crippen LogP contribution in [-0.4, -0.2) is 11.7 Å². The topological polar surface area (TPSA) is 29.5 Å². The van der Waals surface area contributed by atoms with Crippen LogP contribution in [0.25, 0.3) is 0 Å². The van der Waals surface area contributed by atoms with Gasteiger partial charge in [-0.25, -0.2) is 0 Å². The van der Waals surface area contributed by atoms with Crippen molar-refractivity contribution in [1.82, 2.24) is 0 Å². The largest absolute Gasteiger partial charge is 0.493 e. The molecule has 2 heteroatoms. The highest BCUT2D eigenvalue weighted by Gasteiger charge is 2.17. The van der Waals surface area contributed by atoms with Crippen LogP contribution in [0.3, 0.4) is 0 Å². The number of rotatable bonds is 4. The van der Waals surface area contributed by atoms with Gasteiger partial charge in [-0.05, 0) is 43.4 Å². The first-order valence-electron chi connectivity index (χ1n) is 5.66. The van der Waals surface area contributed by atoms with E-state index >= 15 is 0 Å².